The summed E-state index contributed by atoms with van der Waals surface area (Å²) in [4.78, 5) is 11.0. The van der Waals surface area contributed by atoms with Gasteiger partial charge in [0.15, 0.2) is 0 Å². The third-order valence-corrected chi connectivity index (χ3v) is 2.78. The van der Waals surface area contributed by atoms with Gasteiger partial charge in [0.1, 0.15) is 0 Å². The first-order chi connectivity index (χ1) is 5.24. The SMILES string of the molecule is COC(=O)[C@@H]1C[C@@H]1[C@@H]1C[C@@H]1N. The van der Waals surface area contributed by atoms with Crippen molar-refractivity contribution in [3.63, 3.8) is 0 Å². The monoisotopic (exact) mass is 155 g/mol. The maximum atomic E-state index is 11.0. The second-order valence-electron chi connectivity index (χ2n) is 3.59. The maximum absolute atomic E-state index is 11.0. The predicted octanol–water partition coefficient (Wildman–Crippen LogP) is 0.143. The smallest absolute Gasteiger partial charge is 0.308 e. The minimum absolute atomic E-state index is 0.0471. The summed E-state index contributed by atoms with van der Waals surface area (Å²) >= 11 is 0. The molecule has 11 heavy (non-hydrogen) atoms. The Kier molecular flexibility index (Phi) is 1.42. The van der Waals surface area contributed by atoms with Gasteiger partial charge in [-0.15, -0.1) is 0 Å². The van der Waals surface area contributed by atoms with E-state index in [0.29, 0.717) is 17.9 Å². The third kappa shape index (κ3) is 1.13. The van der Waals surface area contributed by atoms with E-state index in [1.54, 1.807) is 0 Å². The van der Waals surface area contributed by atoms with E-state index in [-0.39, 0.29) is 11.9 Å². The van der Waals surface area contributed by atoms with E-state index in [0.717, 1.165) is 12.8 Å². The zero-order valence-corrected chi connectivity index (χ0v) is 6.62. The zero-order chi connectivity index (χ0) is 8.01. The van der Waals surface area contributed by atoms with Gasteiger partial charge in [0, 0.05) is 6.04 Å². The van der Waals surface area contributed by atoms with Gasteiger partial charge in [0.25, 0.3) is 0 Å². The molecule has 0 aromatic rings. The summed E-state index contributed by atoms with van der Waals surface area (Å²) in [5, 5.41) is 0. The molecule has 4 atom stereocenters. The molecule has 2 aliphatic rings. The van der Waals surface area contributed by atoms with Crippen molar-refractivity contribution in [3.05, 3.63) is 0 Å². The summed E-state index contributed by atoms with van der Waals surface area (Å²) < 4.78 is 4.64. The molecule has 0 spiro atoms. The van der Waals surface area contributed by atoms with Gasteiger partial charge in [-0.05, 0) is 24.7 Å². The van der Waals surface area contributed by atoms with E-state index in [1.165, 1.54) is 7.11 Å². The van der Waals surface area contributed by atoms with Crippen LogP contribution in [-0.4, -0.2) is 19.1 Å². The van der Waals surface area contributed by atoms with Gasteiger partial charge in [-0.2, -0.15) is 0 Å². The summed E-state index contributed by atoms with van der Waals surface area (Å²) in [7, 11) is 1.45. The topological polar surface area (TPSA) is 52.3 Å². The van der Waals surface area contributed by atoms with Crippen LogP contribution in [0.2, 0.25) is 0 Å². The van der Waals surface area contributed by atoms with Crippen molar-refractivity contribution in [2.24, 2.45) is 23.5 Å². The number of methoxy groups -OCH3 is 1. The van der Waals surface area contributed by atoms with Crippen LogP contribution < -0.4 is 5.73 Å². The summed E-state index contributed by atoms with van der Waals surface area (Å²) in [6, 6.07) is 0.370. The van der Waals surface area contributed by atoms with E-state index >= 15 is 0 Å². The van der Waals surface area contributed by atoms with Crippen molar-refractivity contribution in [1.82, 2.24) is 0 Å². The van der Waals surface area contributed by atoms with Crippen LogP contribution in [0.4, 0.5) is 0 Å². The minimum atomic E-state index is -0.0471. The molecule has 62 valence electrons. The Morgan fingerprint density at radius 1 is 1.45 bits per heavy atom. The Balaban J connectivity index is 1.82. The lowest BCUT2D eigenvalue weighted by atomic mass is 10.2. The normalized spacial score (nSPS) is 46.7. The van der Waals surface area contributed by atoms with E-state index in [1.807, 2.05) is 0 Å². The molecule has 0 unspecified atom stereocenters. The number of carbonyl (C=O) groups excluding carboxylic acids is 1. The molecule has 0 heterocycles. The highest BCUT2D eigenvalue weighted by Gasteiger charge is 2.55. The van der Waals surface area contributed by atoms with E-state index in [9.17, 15) is 4.79 Å². The van der Waals surface area contributed by atoms with Crippen LogP contribution in [0.1, 0.15) is 12.8 Å². The molecule has 0 amide bonds. The molecule has 0 aliphatic heterocycles. The van der Waals surface area contributed by atoms with Crippen LogP contribution in [0.3, 0.4) is 0 Å². The van der Waals surface area contributed by atoms with Gasteiger partial charge in [-0.3, -0.25) is 4.79 Å². The van der Waals surface area contributed by atoms with Crippen molar-refractivity contribution in [3.8, 4) is 0 Å². The van der Waals surface area contributed by atoms with Crippen LogP contribution >= 0.6 is 0 Å². The van der Waals surface area contributed by atoms with Gasteiger partial charge in [-0.25, -0.2) is 0 Å². The molecule has 2 fully saturated rings. The Morgan fingerprint density at radius 2 is 2.09 bits per heavy atom. The second-order valence-corrected chi connectivity index (χ2v) is 3.59. The first-order valence-electron chi connectivity index (χ1n) is 4.07. The summed E-state index contributed by atoms with van der Waals surface area (Å²) in [6.45, 7) is 0. The average molecular weight is 155 g/mol. The van der Waals surface area contributed by atoms with Gasteiger partial charge in [0.2, 0.25) is 0 Å². The lowest BCUT2D eigenvalue weighted by molar-refractivity contribution is -0.142. The molecule has 0 aromatic heterocycles. The van der Waals surface area contributed by atoms with Crippen molar-refractivity contribution in [2.45, 2.75) is 18.9 Å². The number of hydrogen-bond acceptors (Lipinski definition) is 3. The quantitative estimate of drug-likeness (QED) is 0.577. The van der Waals surface area contributed by atoms with Crippen molar-refractivity contribution < 1.29 is 9.53 Å². The molecule has 2 aliphatic carbocycles. The molecule has 2 N–H and O–H groups in total. The molecular weight excluding hydrogens is 142 g/mol. The van der Waals surface area contributed by atoms with Gasteiger partial charge in [0.05, 0.1) is 13.0 Å². The lowest BCUT2D eigenvalue weighted by Gasteiger charge is -1.95. The highest BCUT2D eigenvalue weighted by Crippen LogP contribution is 2.53. The zero-order valence-electron chi connectivity index (χ0n) is 6.62. The fourth-order valence-electron chi connectivity index (χ4n) is 1.84. The fourth-order valence-corrected chi connectivity index (χ4v) is 1.84. The summed E-state index contributed by atoms with van der Waals surface area (Å²) in [6.07, 6.45) is 2.11. The van der Waals surface area contributed by atoms with E-state index in [4.69, 9.17) is 5.73 Å². The molecule has 0 aromatic carbocycles. The standard InChI is InChI=1S/C8H13NO2/c1-11-8(10)6-2-4(6)5-3-7(5)9/h4-7H,2-3,9H2,1H3/t4-,5+,6-,7+/m1/s1. The minimum Gasteiger partial charge on any atom is -0.469 e. The van der Waals surface area contributed by atoms with Crippen LogP contribution in [0.25, 0.3) is 0 Å². The van der Waals surface area contributed by atoms with Crippen LogP contribution in [0.15, 0.2) is 0 Å². The first-order valence-corrected chi connectivity index (χ1v) is 4.07. The molecule has 3 nitrogen and oxygen atoms in total. The van der Waals surface area contributed by atoms with Crippen LogP contribution in [0.5, 0.6) is 0 Å². The molecule has 2 saturated carbocycles. The molecule has 0 radical (unpaired) electrons. The third-order valence-electron chi connectivity index (χ3n) is 2.78. The van der Waals surface area contributed by atoms with Crippen LogP contribution in [-0.2, 0) is 9.53 Å². The molecular formula is C8H13NO2. The number of carbonyl (C=O) groups is 1. The van der Waals surface area contributed by atoms with E-state index in [2.05, 4.69) is 4.74 Å². The fraction of sp³-hybridized carbons (Fsp3) is 0.875. The number of hydrogen-bond donors (Lipinski definition) is 1. The predicted molar refractivity (Wildman–Crippen MR) is 39.7 cm³/mol. The molecule has 3 heteroatoms. The van der Waals surface area contributed by atoms with Crippen molar-refractivity contribution >= 4 is 5.97 Å². The lowest BCUT2D eigenvalue weighted by Crippen LogP contribution is -2.08. The highest BCUT2D eigenvalue weighted by atomic mass is 16.5. The number of ether oxygens (including phenoxy) is 1. The number of nitrogens with two attached hydrogens (primary N) is 1. The Hall–Kier alpha value is -0.570. The number of rotatable bonds is 2. The Bertz CT molecular complexity index is 193. The summed E-state index contributed by atoms with van der Waals surface area (Å²) in [5.41, 5.74) is 5.66. The van der Waals surface area contributed by atoms with E-state index < -0.39 is 0 Å². The second kappa shape index (κ2) is 2.21. The highest BCUT2D eigenvalue weighted by molar-refractivity contribution is 5.75. The maximum Gasteiger partial charge on any atom is 0.308 e. The van der Waals surface area contributed by atoms with Crippen molar-refractivity contribution in [2.75, 3.05) is 7.11 Å². The molecule has 2 rings (SSSR count). The Labute approximate surface area is 65.9 Å². The first kappa shape index (κ1) is 7.10. The summed E-state index contributed by atoms with van der Waals surface area (Å²) in [5.74, 6) is 1.31. The largest absolute Gasteiger partial charge is 0.469 e. The molecule has 0 saturated heterocycles. The number of esters is 1. The van der Waals surface area contributed by atoms with Crippen molar-refractivity contribution in [1.29, 1.82) is 0 Å². The van der Waals surface area contributed by atoms with Gasteiger partial charge >= 0.3 is 5.97 Å². The van der Waals surface area contributed by atoms with Gasteiger partial charge < -0.3 is 10.5 Å². The van der Waals surface area contributed by atoms with Crippen LogP contribution in [0, 0.1) is 17.8 Å². The average Bonchev–Trinajstić information content (AvgIpc) is 2.81. The Morgan fingerprint density at radius 3 is 2.55 bits per heavy atom. The molecule has 0 bridgehead atoms. The van der Waals surface area contributed by atoms with Gasteiger partial charge in [-0.1, -0.05) is 0 Å².